The predicted octanol–water partition coefficient (Wildman–Crippen LogP) is 2.52. The zero-order chi connectivity index (χ0) is 20.0. The van der Waals surface area contributed by atoms with Crippen LogP contribution in [-0.4, -0.2) is 25.9 Å². The van der Waals surface area contributed by atoms with Gasteiger partial charge in [0.2, 0.25) is 10.0 Å². The van der Waals surface area contributed by atoms with Crippen molar-refractivity contribution in [3.05, 3.63) is 41.2 Å². The van der Waals surface area contributed by atoms with Crippen molar-refractivity contribution in [1.29, 1.82) is 0 Å². The molecule has 1 amide bonds. The number of rotatable bonds is 7. The van der Waals surface area contributed by atoms with Crippen molar-refractivity contribution >= 4 is 32.7 Å². The zero-order valence-electron chi connectivity index (χ0n) is 15.0. The molecule has 1 aromatic carbocycles. The Kier molecular flexibility index (Phi) is 7.40. The fourth-order valence-electron chi connectivity index (χ4n) is 2.85. The Labute approximate surface area is 162 Å². The molecule has 1 aliphatic carbocycles. The molecule has 7 nitrogen and oxygen atoms in total. The van der Waals surface area contributed by atoms with E-state index in [0.717, 1.165) is 55.6 Å². The first-order valence-corrected chi connectivity index (χ1v) is 10.8. The Morgan fingerprint density at radius 1 is 1.41 bits per heavy atom. The average Bonchev–Trinajstić information content (AvgIpc) is 3.14. The van der Waals surface area contributed by atoms with E-state index < -0.39 is 21.7 Å². The van der Waals surface area contributed by atoms with Crippen molar-refractivity contribution < 1.29 is 17.6 Å². The highest BCUT2D eigenvalue weighted by Gasteiger charge is 2.24. The molecule has 0 unspecified atom stereocenters. The number of nitrogens with one attached hydrogen (secondary N) is 2. The summed E-state index contributed by atoms with van der Waals surface area (Å²) in [6.07, 6.45) is 4.15. The van der Waals surface area contributed by atoms with Crippen LogP contribution in [0.5, 0.6) is 0 Å². The van der Waals surface area contributed by atoms with E-state index >= 15 is 0 Å². The first kappa shape index (κ1) is 21.4. The van der Waals surface area contributed by atoms with Gasteiger partial charge in [-0.05, 0) is 31.0 Å². The summed E-state index contributed by atoms with van der Waals surface area (Å²) in [4.78, 5) is 12.2. The van der Waals surface area contributed by atoms with Crippen LogP contribution in [0.4, 0.5) is 4.39 Å². The lowest BCUT2D eigenvalue weighted by molar-refractivity contribution is 0.0965. The monoisotopic (exact) mass is 414 g/mol. The summed E-state index contributed by atoms with van der Waals surface area (Å²) in [5.74, 6) is 4.06. The normalized spacial score (nSPS) is 15.7. The lowest BCUT2D eigenvalue weighted by atomic mass is 10.1. The SMILES string of the molecule is C=C(NC(=O)c1cc(S(=O)(=O)NCC)ccc1F)S/C(=N\N)C1CCCC1. The van der Waals surface area contributed by atoms with Crippen LogP contribution in [-0.2, 0) is 10.0 Å². The van der Waals surface area contributed by atoms with Crippen LogP contribution in [0.2, 0.25) is 0 Å². The highest BCUT2D eigenvalue weighted by Crippen LogP contribution is 2.32. The third-order valence-corrected chi connectivity index (χ3v) is 6.68. The smallest absolute Gasteiger partial charge is 0.259 e. The number of nitrogens with two attached hydrogens (primary N) is 1. The summed E-state index contributed by atoms with van der Waals surface area (Å²) in [5, 5.41) is 7.17. The van der Waals surface area contributed by atoms with Crippen LogP contribution < -0.4 is 15.9 Å². The molecule has 0 heterocycles. The van der Waals surface area contributed by atoms with Gasteiger partial charge in [-0.15, -0.1) is 0 Å². The van der Waals surface area contributed by atoms with E-state index in [1.807, 2.05) is 0 Å². The molecule has 2 rings (SSSR count). The molecule has 0 aliphatic heterocycles. The number of thioether (sulfide) groups is 1. The molecule has 1 aliphatic rings. The first-order chi connectivity index (χ1) is 12.8. The van der Waals surface area contributed by atoms with Gasteiger partial charge in [0, 0.05) is 12.5 Å². The molecule has 0 saturated heterocycles. The number of benzene rings is 1. The van der Waals surface area contributed by atoms with Gasteiger partial charge >= 0.3 is 0 Å². The molecule has 27 heavy (non-hydrogen) atoms. The summed E-state index contributed by atoms with van der Waals surface area (Å²) >= 11 is 1.13. The number of amides is 1. The Hall–Kier alpha value is -1.91. The Morgan fingerprint density at radius 2 is 2.07 bits per heavy atom. The quantitative estimate of drug-likeness (QED) is 0.275. The average molecular weight is 415 g/mol. The molecule has 0 atom stereocenters. The molecule has 0 spiro atoms. The highest BCUT2D eigenvalue weighted by atomic mass is 32.2. The number of carbonyl (C=O) groups excluding carboxylic acids is 1. The minimum absolute atomic E-state index is 0.178. The topological polar surface area (TPSA) is 114 Å². The molecule has 148 valence electrons. The second-order valence-corrected chi connectivity index (χ2v) is 8.95. The van der Waals surface area contributed by atoms with Gasteiger partial charge in [0.25, 0.3) is 5.91 Å². The molecule has 0 radical (unpaired) electrons. The molecular weight excluding hydrogens is 391 g/mol. The first-order valence-electron chi connectivity index (χ1n) is 8.53. The van der Waals surface area contributed by atoms with Crippen molar-refractivity contribution in [2.75, 3.05) is 6.54 Å². The van der Waals surface area contributed by atoms with Gasteiger partial charge < -0.3 is 11.2 Å². The van der Waals surface area contributed by atoms with Crippen LogP contribution >= 0.6 is 11.8 Å². The van der Waals surface area contributed by atoms with Gasteiger partial charge in [-0.3, -0.25) is 4.79 Å². The molecule has 0 aromatic heterocycles. The van der Waals surface area contributed by atoms with E-state index in [9.17, 15) is 17.6 Å². The number of hydrazone groups is 1. The summed E-state index contributed by atoms with van der Waals surface area (Å²) < 4.78 is 40.5. The Balaban J connectivity index is 2.11. The Bertz CT molecular complexity index is 850. The minimum Gasteiger partial charge on any atom is -0.322 e. The van der Waals surface area contributed by atoms with E-state index in [0.29, 0.717) is 5.04 Å². The van der Waals surface area contributed by atoms with E-state index in [4.69, 9.17) is 5.84 Å². The predicted molar refractivity (Wildman–Crippen MR) is 105 cm³/mol. The van der Waals surface area contributed by atoms with Gasteiger partial charge in [-0.1, -0.05) is 38.1 Å². The number of nitrogens with zero attached hydrogens (tertiary/aromatic N) is 1. The molecule has 4 N–H and O–H groups in total. The van der Waals surface area contributed by atoms with Crippen molar-refractivity contribution in [2.45, 2.75) is 37.5 Å². The summed E-state index contributed by atoms with van der Waals surface area (Å²) in [6.45, 7) is 5.55. The molecule has 1 fully saturated rings. The summed E-state index contributed by atoms with van der Waals surface area (Å²) in [5.41, 5.74) is -0.386. The van der Waals surface area contributed by atoms with Gasteiger partial charge in [0.1, 0.15) is 10.9 Å². The fourth-order valence-corrected chi connectivity index (χ4v) is 4.77. The number of hydrogen-bond donors (Lipinski definition) is 3. The third-order valence-electron chi connectivity index (χ3n) is 4.14. The molecule has 0 bridgehead atoms. The number of carbonyl (C=O) groups is 1. The van der Waals surface area contributed by atoms with Crippen LogP contribution in [0.3, 0.4) is 0 Å². The standard InChI is InChI=1S/C17H23FN4O3S2/c1-3-20-27(24,25)13-8-9-15(18)14(10-13)16(23)21-11(2)26-17(22-19)12-6-4-5-7-12/h8-10,12,20H,2-7,19H2,1H3,(H,21,23)/b22-17-. The zero-order valence-corrected chi connectivity index (χ0v) is 16.6. The van der Waals surface area contributed by atoms with E-state index in [1.165, 1.54) is 0 Å². The van der Waals surface area contributed by atoms with Crippen molar-refractivity contribution in [3.8, 4) is 0 Å². The molecule has 1 saturated carbocycles. The molecular formula is C17H23FN4O3S2. The lowest BCUT2D eigenvalue weighted by Gasteiger charge is -2.14. The van der Waals surface area contributed by atoms with E-state index in [2.05, 4.69) is 21.7 Å². The second-order valence-electron chi connectivity index (χ2n) is 6.07. The van der Waals surface area contributed by atoms with Crippen LogP contribution in [0.1, 0.15) is 43.0 Å². The maximum absolute atomic E-state index is 14.1. The van der Waals surface area contributed by atoms with Crippen LogP contribution in [0.15, 0.2) is 39.8 Å². The number of halogens is 1. The van der Waals surface area contributed by atoms with Crippen molar-refractivity contribution in [1.82, 2.24) is 10.0 Å². The summed E-state index contributed by atoms with van der Waals surface area (Å²) in [7, 11) is -3.81. The highest BCUT2D eigenvalue weighted by molar-refractivity contribution is 8.17. The third kappa shape index (κ3) is 5.53. The lowest BCUT2D eigenvalue weighted by Crippen LogP contribution is -2.26. The van der Waals surface area contributed by atoms with Gasteiger partial charge in [-0.25, -0.2) is 17.5 Å². The number of hydrogen-bond acceptors (Lipinski definition) is 6. The maximum Gasteiger partial charge on any atom is 0.259 e. The Morgan fingerprint density at radius 3 is 2.67 bits per heavy atom. The molecule has 10 heteroatoms. The van der Waals surface area contributed by atoms with Crippen LogP contribution in [0.25, 0.3) is 0 Å². The van der Waals surface area contributed by atoms with Gasteiger partial charge in [0.05, 0.1) is 15.5 Å². The van der Waals surface area contributed by atoms with Crippen molar-refractivity contribution in [2.24, 2.45) is 16.9 Å². The molecule has 1 aromatic rings. The summed E-state index contributed by atoms with van der Waals surface area (Å²) in [6, 6.07) is 3.04. The number of sulfonamides is 1. The van der Waals surface area contributed by atoms with Gasteiger partial charge in [0.15, 0.2) is 0 Å². The second kappa shape index (κ2) is 9.34. The van der Waals surface area contributed by atoms with Crippen molar-refractivity contribution in [3.63, 3.8) is 0 Å². The fraction of sp³-hybridized carbons (Fsp3) is 0.412. The van der Waals surface area contributed by atoms with Crippen LogP contribution in [0, 0.1) is 11.7 Å². The van der Waals surface area contributed by atoms with E-state index in [1.54, 1.807) is 6.92 Å². The minimum atomic E-state index is -3.81. The van der Waals surface area contributed by atoms with Gasteiger partial charge in [-0.2, -0.15) is 5.10 Å². The maximum atomic E-state index is 14.1. The largest absolute Gasteiger partial charge is 0.322 e. The van der Waals surface area contributed by atoms with E-state index in [-0.39, 0.29) is 28.0 Å².